The van der Waals surface area contributed by atoms with Gasteiger partial charge in [0.1, 0.15) is 10.8 Å². The van der Waals surface area contributed by atoms with Crippen LogP contribution in [-0.2, 0) is 23.9 Å². The normalized spacial score (nSPS) is 18.2. The van der Waals surface area contributed by atoms with Crippen molar-refractivity contribution in [1.29, 1.82) is 0 Å². The Kier molecular flexibility index (Phi) is 6.08. The zero-order chi connectivity index (χ0) is 19.8. The molecule has 1 aromatic heterocycles. The molecule has 1 aromatic carbocycles. The number of thiazole rings is 1. The van der Waals surface area contributed by atoms with Crippen LogP contribution in [0.15, 0.2) is 22.7 Å². The summed E-state index contributed by atoms with van der Waals surface area (Å²) >= 11 is 4.60. The van der Waals surface area contributed by atoms with Crippen LogP contribution in [0.1, 0.15) is 42.1 Å². The molecule has 1 atom stereocenters. The van der Waals surface area contributed by atoms with Gasteiger partial charge in [-0.25, -0.2) is 4.98 Å². The van der Waals surface area contributed by atoms with Gasteiger partial charge in [-0.1, -0.05) is 15.9 Å². The minimum atomic E-state index is -4.43. The molecule has 0 amide bonds. The molecule has 0 aliphatic carbocycles. The smallest absolute Gasteiger partial charge is 0.300 e. The zero-order valence-electron chi connectivity index (χ0n) is 15.1. The van der Waals surface area contributed by atoms with Gasteiger partial charge >= 0.3 is 6.18 Å². The predicted molar refractivity (Wildman–Crippen MR) is 104 cm³/mol. The van der Waals surface area contributed by atoms with Gasteiger partial charge in [0.05, 0.1) is 17.7 Å². The van der Waals surface area contributed by atoms with Crippen molar-refractivity contribution in [3.05, 3.63) is 38.1 Å². The summed E-state index contributed by atoms with van der Waals surface area (Å²) in [5.41, 5.74) is 0.250. The largest absolute Gasteiger partial charge is 0.416 e. The molecule has 0 bridgehead atoms. The molecular weight excluding hydrogens is 441 g/mol. The molecule has 0 saturated carbocycles. The minimum absolute atomic E-state index is 0.0124. The topological polar surface area (TPSA) is 33.2 Å². The van der Waals surface area contributed by atoms with Gasteiger partial charge in [0.15, 0.2) is 0 Å². The summed E-state index contributed by atoms with van der Waals surface area (Å²) in [6.07, 6.45) is -2.00. The SMILES string of the molecule is CC(=O)Cc1nc(-c2cc(Br)cc(C(F)(F)F)c2)c(CN2CCC[C@H]2C)s1. The van der Waals surface area contributed by atoms with Crippen LogP contribution < -0.4 is 0 Å². The molecule has 3 rings (SSSR count). The highest BCUT2D eigenvalue weighted by Gasteiger charge is 2.32. The van der Waals surface area contributed by atoms with E-state index in [1.807, 2.05) is 0 Å². The molecule has 27 heavy (non-hydrogen) atoms. The number of alkyl halides is 3. The van der Waals surface area contributed by atoms with E-state index in [1.165, 1.54) is 18.3 Å². The summed E-state index contributed by atoms with van der Waals surface area (Å²) in [6.45, 7) is 5.25. The van der Waals surface area contributed by atoms with Crippen LogP contribution in [0, 0.1) is 0 Å². The van der Waals surface area contributed by atoms with Crippen molar-refractivity contribution in [2.45, 2.75) is 51.9 Å². The lowest BCUT2D eigenvalue weighted by Crippen LogP contribution is -2.25. The first-order valence-electron chi connectivity index (χ1n) is 8.73. The van der Waals surface area contributed by atoms with Gasteiger partial charge in [0.25, 0.3) is 0 Å². The number of likely N-dealkylation sites (tertiary alicyclic amines) is 1. The fourth-order valence-corrected chi connectivity index (χ4v) is 5.00. The van der Waals surface area contributed by atoms with E-state index >= 15 is 0 Å². The molecule has 0 N–H and O–H groups in total. The molecule has 2 heterocycles. The van der Waals surface area contributed by atoms with E-state index in [1.54, 1.807) is 6.07 Å². The Bertz CT molecular complexity index is 850. The highest BCUT2D eigenvalue weighted by atomic mass is 79.9. The summed E-state index contributed by atoms with van der Waals surface area (Å²) < 4.78 is 40.0. The van der Waals surface area contributed by atoms with E-state index in [-0.39, 0.29) is 12.2 Å². The summed E-state index contributed by atoms with van der Waals surface area (Å²) in [6, 6.07) is 4.28. The second kappa shape index (κ2) is 8.01. The highest BCUT2D eigenvalue weighted by molar-refractivity contribution is 9.10. The van der Waals surface area contributed by atoms with E-state index in [0.29, 0.717) is 33.3 Å². The second-order valence-electron chi connectivity index (χ2n) is 6.95. The Morgan fingerprint density at radius 1 is 1.37 bits per heavy atom. The first-order valence-corrected chi connectivity index (χ1v) is 10.3. The van der Waals surface area contributed by atoms with Crippen LogP contribution in [0.3, 0.4) is 0 Å². The number of hydrogen-bond acceptors (Lipinski definition) is 4. The third-order valence-corrected chi connectivity index (χ3v) is 6.18. The van der Waals surface area contributed by atoms with Gasteiger partial charge in [-0.15, -0.1) is 11.3 Å². The standard InChI is InChI=1S/C19H20BrF3N2OS/c1-11-4-3-5-25(11)10-16-18(24-17(27-16)6-12(2)26)13-7-14(19(21,22)23)9-15(20)8-13/h7-9,11H,3-6,10H2,1-2H3/t11-/m1/s1. The third-order valence-electron chi connectivity index (χ3n) is 4.68. The lowest BCUT2D eigenvalue weighted by atomic mass is 10.1. The van der Waals surface area contributed by atoms with Crippen molar-refractivity contribution < 1.29 is 18.0 Å². The number of benzene rings is 1. The van der Waals surface area contributed by atoms with Crippen LogP contribution in [0.25, 0.3) is 11.3 Å². The van der Waals surface area contributed by atoms with Crippen molar-refractivity contribution in [2.75, 3.05) is 6.54 Å². The molecule has 1 aliphatic heterocycles. The Morgan fingerprint density at radius 3 is 2.70 bits per heavy atom. The lowest BCUT2D eigenvalue weighted by Gasteiger charge is -2.20. The van der Waals surface area contributed by atoms with Gasteiger partial charge in [-0.05, 0) is 51.4 Å². The van der Waals surface area contributed by atoms with Gasteiger partial charge in [0, 0.05) is 27.5 Å². The molecule has 146 valence electrons. The number of ketones is 1. The Hall–Kier alpha value is -1.25. The molecule has 2 aromatic rings. The van der Waals surface area contributed by atoms with Crippen molar-refractivity contribution in [3.8, 4) is 11.3 Å². The number of hydrogen-bond donors (Lipinski definition) is 0. The van der Waals surface area contributed by atoms with Gasteiger partial charge in [-0.2, -0.15) is 13.2 Å². The van der Waals surface area contributed by atoms with Crippen LogP contribution in [0.5, 0.6) is 0 Å². The average Bonchev–Trinajstić information content (AvgIpc) is 3.12. The van der Waals surface area contributed by atoms with E-state index in [0.717, 1.165) is 36.4 Å². The maximum absolute atomic E-state index is 13.2. The first kappa shape index (κ1) is 20.5. The number of rotatable bonds is 5. The number of nitrogens with zero attached hydrogens (tertiary/aromatic N) is 2. The Morgan fingerprint density at radius 2 is 2.11 bits per heavy atom. The van der Waals surface area contributed by atoms with E-state index in [4.69, 9.17) is 0 Å². The van der Waals surface area contributed by atoms with Gasteiger partial charge in [-0.3, -0.25) is 9.69 Å². The number of aromatic nitrogens is 1. The Labute approximate surface area is 168 Å². The molecule has 1 saturated heterocycles. The second-order valence-corrected chi connectivity index (χ2v) is 9.03. The molecule has 1 fully saturated rings. The van der Waals surface area contributed by atoms with Gasteiger partial charge < -0.3 is 0 Å². The molecule has 3 nitrogen and oxygen atoms in total. The van der Waals surface area contributed by atoms with E-state index < -0.39 is 11.7 Å². The number of halogens is 4. The summed E-state index contributed by atoms with van der Waals surface area (Å²) in [5, 5.41) is 0.646. The number of carbonyl (C=O) groups excluding carboxylic acids is 1. The van der Waals surface area contributed by atoms with Gasteiger partial charge in [0.2, 0.25) is 0 Å². The van der Waals surface area contributed by atoms with E-state index in [9.17, 15) is 18.0 Å². The quantitative estimate of drug-likeness (QED) is 0.572. The first-order chi connectivity index (χ1) is 12.6. The minimum Gasteiger partial charge on any atom is -0.300 e. The van der Waals surface area contributed by atoms with E-state index in [2.05, 4.69) is 32.7 Å². The monoisotopic (exact) mass is 460 g/mol. The molecule has 1 aliphatic rings. The van der Waals surface area contributed by atoms with Crippen LogP contribution >= 0.6 is 27.3 Å². The summed E-state index contributed by atoms with van der Waals surface area (Å²) in [4.78, 5) is 19.3. The van der Waals surface area contributed by atoms with Crippen molar-refractivity contribution >= 4 is 33.0 Å². The molecule has 8 heteroatoms. The lowest BCUT2D eigenvalue weighted by molar-refractivity contribution is -0.137. The molecule has 0 spiro atoms. The van der Waals surface area contributed by atoms with Crippen LogP contribution in [-0.4, -0.2) is 28.3 Å². The Balaban J connectivity index is 2.03. The average molecular weight is 461 g/mol. The summed E-state index contributed by atoms with van der Waals surface area (Å²) in [5.74, 6) is -0.0124. The number of carbonyl (C=O) groups is 1. The molecular formula is C19H20BrF3N2OS. The molecule has 0 unspecified atom stereocenters. The maximum Gasteiger partial charge on any atom is 0.416 e. The summed E-state index contributed by atoms with van der Waals surface area (Å²) in [7, 11) is 0. The fourth-order valence-electron chi connectivity index (χ4n) is 3.32. The maximum atomic E-state index is 13.2. The predicted octanol–water partition coefficient (Wildman–Crippen LogP) is 5.71. The third kappa shape index (κ3) is 4.97. The van der Waals surface area contributed by atoms with Crippen molar-refractivity contribution in [2.24, 2.45) is 0 Å². The molecule has 0 radical (unpaired) electrons. The number of Topliss-reactive ketones (excluding diaryl/α,β-unsaturated/α-hetero) is 1. The van der Waals surface area contributed by atoms with Crippen molar-refractivity contribution in [1.82, 2.24) is 9.88 Å². The van der Waals surface area contributed by atoms with Crippen LogP contribution in [0.2, 0.25) is 0 Å². The highest BCUT2D eigenvalue weighted by Crippen LogP contribution is 2.37. The fraction of sp³-hybridized carbons (Fsp3) is 0.474. The van der Waals surface area contributed by atoms with Crippen LogP contribution in [0.4, 0.5) is 13.2 Å². The van der Waals surface area contributed by atoms with Crippen molar-refractivity contribution in [3.63, 3.8) is 0 Å². The zero-order valence-corrected chi connectivity index (χ0v) is 17.5.